The smallest absolute Gasteiger partial charge is 0.0240 e. The Balaban J connectivity index is 1.85. The fourth-order valence-electron chi connectivity index (χ4n) is 7.27. The van der Waals surface area contributed by atoms with Crippen LogP contribution in [0.2, 0.25) is 0 Å². The Morgan fingerprint density at radius 1 is 0.500 bits per heavy atom. The van der Waals surface area contributed by atoms with Crippen LogP contribution in [0, 0.1) is 52.8 Å². The highest BCUT2D eigenvalue weighted by atomic mass is 14.6. The van der Waals surface area contributed by atoms with Crippen molar-refractivity contribution in [3.8, 4) is 0 Å². The van der Waals surface area contributed by atoms with Gasteiger partial charge in [-0.2, -0.15) is 0 Å². The van der Waals surface area contributed by atoms with Crippen molar-refractivity contribution in [2.24, 2.45) is 52.8 Å². The molecule has 0 aromatic carbocycles. The molecule has 140 valence electrons. The maximum absolute atomic E-state index is 2.55. The first-order valence-electron chi connectivity index (χ1n) is 11.3. The molecule has 0 spiro atoms. The van der Waals surface area contributed by atoms with Gasteiger partial charge in [-0.05, 0) is 91.3 Å². The van der Waals surface area contributed by atoms with E-state index in [1.165, 1.54) is 44.9 Å². The molecule has 0 radical (unpaired) electrons. The summed E-state index contributed by atoms with van der Waals surface area (Å²) in [7, 11) is 0. The molecule has 0 bridgehead atoms. The lowest BCUT2D eigenvalue weighted by Gasteiger charge is -2.56. The van der Waals surface area contributed by atoms with Gasteiger partial charge in [0.2, 0.25) is 0 Å². The highest BCUT2D eigenvalue weighted by Gasteiger charge is 2.50. The van der Waals surface area contributed by atoms with E-state index in [1.54, 1.807) is 12.8 Å². The summed E-state index contributed by atoms with van der Waals surface area (Å²) in [5.74, 6) is 7.68. The van der Waals surface area contributed by atoms with Crippen LogP contribution in [0.3, 0.4) is 0 Å². The predicted molar refractivity (Wildman–Crippen MR) is 106 cm³/mol. The van der Waals surface area contributed by atoms with Gasteiger partial charge in [0, 0.05) is 0 Å². The van der Waals surface area contributed by atoms with Crippen molar-refractivity contribution < 1.29 is 0 Å². The number of rotatable bonds is 2. The first-order valence-corrected chi connectivity index (χ1v) is 11.3. The second kappa shape index (κ2) is 7.32. The van der Waals surface area contributed by atoms with Crippen LogP contribution in [-0.2, 0) is 0 Å². The highest BCUT2D eigenvalue weighted by molar-refractivity contribution is 5.00. The van der Waals surface area contributed by atoms with Crippen molar-refractivity contribution in [1.29, 1.82) is 0 Å². The van der Waals surface area contributed by atoms with Crippen LogP contribution in [0.25, 0.3) is 0 Å². The lowest BCUT2D eigenvalue weighted by atomic mass is 9.49. The third kappa shape index (κ3) is 3.33. The van der Waals surface area contributed by atoms with Crippen LogP contribution >= 0.6 is 0 Å². The lowest BCUT2D eigenvalue weighted by molar-refractivity contribution is -0.0648. The molecule has 0 N–H and O–H groups in total. The molecule has 0 heteroatoms. The normalized spacial score (nSPS) is 49.8. The average molecular weight is 333 g/mol. The van der Waals surface area contributed by atoms with Gasteiger partial charge in [0.15, 0.2) is 0 Å². The van der Waals surface area contributed by atoms with Crippen molar-refractivity contribution in [3.63, 3.8) is 0 Å². The van der Waals surface area contributed by atoms with Crippen LogP contribution in [-0.4, -0.2) is 0 Å². The molecule has 0 amide bonds. The van der Waals surface area contributed by atoms with Gasteiger partial charge in [0.05, 0.1) is 0 Å². The van der Waals surface area contributed by atoms with E-state index in [1.807, 2.05) is 0 Å². The van der Waals surface area contributed by atoms with Crippen molar-refractivity contribution in [2.75, 3.05) is 0 Å². The minimum atomic E-state index is 0.712. The van der Waals surface area contributed by atoms with Crippen LogP contribution in [0.15, 0.2) is 0 Å². The largest absolute Gasteiger partial charge is 0.0622 e. The first-order chi connectivity index (χ1) is 11.3. The minimum absolute atomic E-state index is 0.712. The number of hydrogen-bond acceptors (Lipinski definition) is 0. The maximum Gasteiger partial charge on any atom is -0.0240 e. The zero-order valence-electron chi connectivity index (χ0n) is 17.5. The number of hydrogen-bond donors (Lipinski definition) is 0. The van der Waals surface area contributed by atoms with Gasteiger partial charge in [-0.3, -0.25) is 0 Å². The van der Waals surface area contributed by atoms with Crippen LogP contribution in [0.4, 0.5) is 0 Å². The molecule has 4 atom stereocenters. The quantitative estimate of drug-likeness (QED) is 0.489. The minimum Gasteiger partial charge on any atom is -0.0622 e. The summed E-state index contributed by atoms with van der Waals surface area (Å²) in [5, 5.41) is 0. The maximum atomic E-state index is 2.55. The van der Waals surface area contributed by atoms with E-state index in [0.717, 1.165) is 47.3 Å². The Morgan fingerprint density at radius 2 is 0.833 bits per heavy atom. The van der Waals surface area contributed by atoms with Gasteiger partial charge in [-0.15, -0.1) is 0 Å². The zero-order chi connectivity index (χ0) is 17.5. The van der Waals surface area contributed by atoms with E-state index in [2.05, 4.69) is 41.5 Å². The van der Waals surface area contributed by atoms with Crippen LogP contribution in [0.1, 0.15) is 99.3 Å². The molecule has 0 nitrogen and oxygen atoms in total. The van der Waals surface area contributed by atoms with Gasteiger partial charge < -0.3 is 0 Å². The van der Waals surface area contributed by atoms with Gasteiger partial charge in [-0.1, -0.05) is 60.8 Å². The molecule has 3 saturated carbocycles. The molecule has 3 fully saturated rings. The molecular formula is C24H44. The monoisotopic (exact) mass is 332 g/mol. The summed E-state index contributed by atoms with van der Waals surface area (Å²) < 4.78 is 0. The molecule has 0 aromatic rings. The van der Waals surface area contributed by atoms with Crippen molar-refractivity contribution in [3.05, 3.63) is 0 Å². The molecule has 3 aliphatic carbocycles. The Bertz CT molecular complexity index is 348. The van der Waals surface area contributed by atoms with E-state index in [4.69, 9.17) is 0 Å². The molecule has 0 aliphatic heterocycles. The molecule has 0 aromatic heterocycles. The summed E-state index contributed by atoms with van der Waals surface area (Å²) in [5.41, 5.74) is 0.712. The Kier molecular flexibility index (Phi) is 5.73. The molecule has 3 aliphatic rings. The Hall–Kier alpha value is 0. The average Bonchev–Trinajstić information content (AvgIpc) is 2.57. The SMILES string of the molecule is CC1CC(C2(C3CC(C)C(C)C(C)C3)CCCCC2)CC(C)C1C. The highest BCUT2D eigenvalue weighted by Crippen LogP contribution is 2.59. The second-order valence-corrected chi connectivity index (χ2v) is 10.8. The molecule has 4 unspecified atom stereocenters. The van der Waals surface area contributed by atoms with E-state index < -0.39 is 0 Å². The van der Waals surface area contributed by atoms with Crippen LogP contribution < -0.4 is 0 Å². The van der Waals surface area contributed by atoms with E-state index >= 15 is 0 Å². The fraction of sp³-hybridized carbons (Fsp3) is 1.00. The summed E-state index contributed by atoms with van der Waals surface area (Å²) in [6.07, 6.45) is 13.8. The van der Waals surface area contributed by atoms with Gasteiger partial charge >= 0.3 is 0 Å². The fourth-order valence-corrected chi connectivity index (χ4v) is 7.27. The van der Waals surface area contributed by atoms with Crippen molar-refractivity contribution in [1.82, 2.24) is 0 Å². The van der Waals surface area contributed by atoms with E-state index in [-0.39, 0.29) is 0 Å². The Morgan fingerprint density at radius 3 is 1.17 bits per heavy atom. The molecule has 24 heavy (non-hydrogen) atoms. The van der Waals surface area contributed by atoms with Gasteiger partial charge in [0.25, 0.3) is 0 Å². The van der Waals surface area contributed by atoms with Crippen molar-refractivity contribution in [2.45, 2.75) is 99.3 Å². The molecule has 0 heterocycles. The second-order valence-electron chi connectivity index (χ2n) is 10.8. The summed E-state index contributed by atoms with van der Waals surface area (Å²) in [6, 6.07) is 0. The lowest BCUT2D eigenvalue weighted by Crippen LogP contribution is -2.47. The zero-order valence-corrected chi connectivity index (χ0v) is 17.5. The first kappa shape index (κ1) is 18.8. The van der Waals surface area contributed by atoms with E-state index in [0.29, 0.717) is 5.41 Å². The van der Waals surface area contributed by atoms with Gasteiger partial charge in [-0.25, -0.2) is 0 Å². The van der Waals surface area contributed by atoms with Crippen molar-refractivity contribution >= 4 is 0 Å². The Labute approximate surface area is 152 Å². The molecule has 0 saturated heterocycles. The molecule has 3 rings (SSSR count). The predicted octanol–water partition coefficient (Wildman–Crippen LogP) is 7.57. The summed E-state index contributed by atoms with van der Waals surface area (Å²) in [4.78, 5) is 0. The third-order valence-electron chi connectivity index (χ3n) is 9.63. The van der Waals surface area contributed by atoms with E-state index in [9.17, 15) is 0 Å². The topological polar surface area (TPSA) is 0 Å². The summed E-state index contributed by atoms with van der Waals surface area (Å²) >= 11 is 0. The van der Waals surface area contributed by atoms with Gasteiger partial charge in [0.1, 0.15) is 0 Å². The standard InChI is InChI=1S/C24H44/c1-16-12-22(13-17(2)20(16)5)24(10-8-7-9-11-24)23-14-18(3)21(6)19(4)15-23/h16-23H,7-15H2,1-6H3. The third-order valence-corrected chi connectivity index (χ3v) is 9.63. The summed E-state index contributed by atoms with van der Waals surface area (Å²) in [6.45, 7) is 15.3. The molecular weight excluding hydrogens is 288 g/mol. The van der Waals surface area contributed by atoms with Crippen LogP contribution in [0.5, 0.6) is 0 Å².